The van der Waals surface area contributed by atoms with Crippen molar-refractivity contribution in [1.29, 1.82) is 0 Å². The second-order valence-electron chi connectivity index (χ2n) is 9.67. The summed E-state index contributed by atoms with van der Waals surface area (Å²) in [5.41, 5.74) is 0.680. The number of carbonyl (C=O) groups excluding carboxylic acids is 2. The maximum Gasteiger partial charge on any atom is 0.258 e. The third-order valence-electron chi connectivity index (χ3n) is 6.93. The third-order valence-corrected chi connectivity index (χ3v) is 8.21. The number of aliphatic hydroxyl groups excluding tert-OH is 1. The van der Waals surface area contributed by atoms with Crippen LogP contribution in [0.1, 0.15) is 56.3 Å². The van der Waals surface area contributed by atoms with Crippen LogP contribution in [0, 0.1) is 11.8 Å². The highest BCUT2D eigenvalue weighted by atomic mass is 32.2. The molecule has 0 spiro atoms. The Morgan fingerprint density at radius 2 is 1.97 bits per heavy atom. The zero-order valence-electron chi connectivity index (χ0n) is 20.5. The molecule has 1 aliphatic carbocycles. The van der Waals surface area contributed by atoms with Crippen LogP contribution in [0.15, 0.2) is 18.2 Å². The molecular formula is C24H37N3O6S. The average molecular weight is 496 g/mol. The molecule has 0 radical (unpaired) electrons. The number of likely N-dealkylation sites (N-methyl/N-ethyl adjacent to an activating group) is 1. The quantitative estimate of drug-likeness (QED) is 0.600. The monoisotopic (exact) mass is 495 g/mol. The van der Waals surface area contributed by atoms with E-state index < -0.39 is 22.2 Å². The summed E-state index contributed by atoms with van der Waals surface area (Å²) >= 11 is 0. The topological polar surface area (TPSA) is 116 Å². The highest BCUT2D eigenvalue weighted by Crippen LogP contribution is 2.36. The highest BCUT2D eigenvalue weighted by molar-refractivity contribution is 7.88. The van der Waals surface area contributed by atoms with Gasteiger partial charge in [0.05, 0.1) is 36.7 Å². The molecule has 2 aliphatic rings. The summed E-state index contributed by atoms with van der Waals surface area (Å²) in [6, 6.07) is 4.60. The second-order valence-corrected chi connectivity index (χ2v) is 11.8. The molecule has 3 rings (SSSR count). The molecule has 1 saturated carbocycles. The van der Waals surface area contributed by atoms with Crippen molar-refractivity contribution in [3.8, 4) is 5.75 Å². The van der Waals surface area contributed by atoms with Crippen LogP contribution < -0.4 is 10.1 Å². The summed E-state index contributed by atoms with van der Waals surface area (Å²) in [6.45, 7) is 3.82. The number of amides is 2. The van der Waals surface area contributed by atoms with E-state index in [-0.39, 0.29) is 48.1 Å². The van der Waals surface area contributed by atoms with Gasteiger partial charge in [0, 0.05) is 25.4 Å². The lowest BCUT2D eigenvalue weighted by molar-refractivity contribution is -0.120. The fourth-order valence-corrected chi connectivity index (χ4v) is 4.97. The maximum absolute atomic E-state index is 13.5. The number of benzene rings is 1. The molecule has 190 valence electrons. The van der Waals surface area contributed by atoms with Crippen molar-refractivity contribution >= 4 is 27.5 Å². The molecule has 0 unspecified atom stereocenters. The van der Waals surface area contributed by atoms with Crippen molar-refractivity contribution in [2.24, 2.45) is 11.8 Å². The first kappa shape index (κ1) is 26.4. The smallest absolute Gasteiger partial charge is 0.258 e. The number of aliphatic hydroxyl groups is 1. The lowest BCUT2D eigenvalue weighted by atomic mass is 9.88. The molecule has 3 atom stereocenters. The first-order valence-electron chi connectivity index (χ1n) is 12.0. The fourth-order valence-electron chi connectivity index (χ4n) is 4.55. The van der Waals surface area contributed by atoms with E-state index in [9.17, 15) is 23.1 Å². The van der Waals surface area contributed by atoms with Crippen LogP contribution in [-0.2, 0) is 14.8 Å². The summed E-state index contributed by atoms with van der Waals surface area (Å²) in [6.07, 6.45) is 5.40. The summed E-state index contributed by atoms with van der Waals surface area (Å²) in [5.74, 6) is -0.467. The van der Waals surface area contributed by atoms with Crippen LogP contribution in [0.2, 0.25) is 0 Å². The van der Waals surface area contributed by atoms with E-state index in [1.54, 1.807) is 30.0 Å². The maximum atomic E-state index is 13.5. The number of fused-ring (bicyclic) bond motifs is 1. The molecule has 1 heterocycles. The molecule has 1 aromatic rings. The van der Waals surface area contributed by atoms with Gasteiger partial charge in [-0.2, -0.15) is 0 Å². The minimum Gasteiger partial charge on any atom is -0.486 e. The number of rotatable bonds is 7. The number of hydrogen-bond donors (Lipinski definition) is 2. The average Bonchev–Trinajstić information content (AvgIpc) is 2.81. The number of carbonyl (C=O) groups is 2. The third kappa shape index (κ3) is 6.09. The number of nitrogens with one attached hydrogen (secondary N) is 1. The zero-order valence-corrected chi connectivity index (χ0v) is 21.3. The molecule has 0 aromatic heterocycles. The predicted octanol–water partition coefficient (Wildman–Crippen LogP) is 2.32. The summed E-state index contributed by atoms with van der Waals surface area (Å²) in [5, 5.41) is 12.7. The summed E-state index contributed by atoms with van der Waals surface area (Å²) in [7, 11) is -1.96. The van der Waals surface area contributed by atoms with E-state index in [1.165, 1.54) is 11.4 Å². The minimum atomic E-state index is -3.45. The van der Waals surface area contributed by atoms with Crippen molar-refractivity contribution in [3.63, 3.8) is 0 Å². The van der Waals surface area contributed by atoms with Gasteiger partial charge in [-0.25, -0.2) is 12.7 Å². The Balaban J connectivity index is 2.00. The molecule has 1 aromatic carbocycles. The van der Waals surface area contributed by atoms with Gasteiger partial charge in [-0.3, -0.25) is 9.59 Å². The van der Waals surface area contributed by atoms with Gasteiger partial charge in [0.1, 0.15) is 6.10 Å². The second kappa shape index (κ2) is 11.0. The zero-order chi connectivity index (χ0) is 25.0. The Labute approximate surface area is 202 Å². The number of hydrogen-bond acceptors (Lipinski definition) is 6. The number of anilines is 1. The van der Waals surface area contributed by atoms with E-state index in [2.05, 4.69) is 5.32 Å². The van der Waals surface area contributed by atoms with Gasteiger partial charge in [0.25, 0.3) is 5.91 Å². The highest BCUT2D eigenvalue weighted by Gasteiger charge is 2.35. The minimum absolute atomic E-state index is 0.0779. The Kier molecular flexibility index (Phi) is 8.59. The normalized spacial score (nSPS) is 23.0. The van der Waals surface area contributed by atoms with Crippen LogP contribution in [-0.4, -0.2) is 79.7 Å². The lowest BCUT2D eigenvalue weighted by Gasteiger charge is -2.38. The summed E-state index contributed by atoms with van der Waals surface area (Å²) in [4.78, 5) is 28.0. The van der Waals surface area contributed by atoms with Gasteiger partial charge in [-0.05, 0) is 31.9 Å². The van der Waals surface area contributed by atoms with Gasteiger partial charge in [0.2, 0.25) is 15.9 Å². The van der Waals surface area contributed by atoms with Crippen molar-refractivity contribution in [1.82, 2.24) is 9.21 Å². The predicted molar refractivity (Wildman–Crippen MR) is 130 cm³/mol. The Morgan fingerprint density at radius 1 is 1.29 bits per heavy atom. The SMILES string of the molecule is C[C@H](CO)N1C[C@H](C)[C@@H](CN(C)S(C)(=O)=O)Oc2c(NC(=O)C3CCCCC3)cccc2C1=O. The molecular weight excluding hydrogens is 458 g/mol. The molecule has 34 heavy (non-hydrogen) atoms. The number of sulfonamides is 1. The largest absolute Gasteiger partial charge is 0.486 e. The number of para-hydroxylation sites is 1. The number of ether oxygens (including phenoxy) is 1. The first-order chi connectivity index (χ1) is 16.0. The Morgan fingerprint density at radius 3 is 2.59 bits per heavy atom. The van der Waals surface area contributed by atoms with E-state index in [1.807, 2.05) is 6.92 Å². The van der Waals surface area contributed by atoms with Crippen molar-refractivity contribution < 1.29 is 27.9 Å². The van der Waals surface area contributed by atoms with Gasteiger partial charge < -0.3 is 20.1 Å². The molecule has 10 heteroatoms. The van der Waals surface area contributed by atoms with E-state index in [4.69, 9.17) is 4.74 Å². The Bertz CT molecular complexity index is 992. The van der Waals surface area contributed by atoms with Crippen molar-refractivity contribution in [2.45, 2.75) is 58.1 Å². The molecule has 0 saturated heterocycles. The van der Waals surface area contributed by atoms with Gasteiger partial charge in [0.15, 0.2) is 5.75 Å². The van der Waals surface area contributed by atoms with Crippen LogP contribution in [0.3, 0.4) is 0 Å². The molecule has 0 bridgehead atoms. The fraction of sp³-hybridized carbons (Fsp3) is 0.667. The number of nitrogens with zero attached hydrogens (tertiary/aromatic N) is 2. The van der Waals surface area contributed by atoms with Crippen molar-refractivity contribution in [3.05, 3.63) is 23.8 Å². The molecule has 1 fully saturated rings. The molecule has 2 amide bonds. The van der Waals surface area contributed by atoms with E-state index in [0.29, 0.717) is 12.2 Å². The summed E-state index contributed by atoms with van der Waals surface area (Å²) < 4.78 is 31.7. The van der Waals surface area contributed by atoms with Gasteiger partial charge in [-0.15, -0.1) is 0 Å². The molecule has 9 nitrogen and oxygen atoms in total. The van der Waals surface area contributed by atoms with Crippen LogP contribution in [0.5, 0.6) is 5.75 Å². The van der Waals surface area contributed by atoms with Crippen LogP contribution in [0.25, 0.3) is 0 Å². The standard InChI is InChI=1S/C24H37N3O6S/c1-16-13-27(17(2)15-28)24(30)19-11-8-12-20(25-23(29)18-9-6-5-7-10-18)22(19)33-21(16)14-26(3)34(4,31)32/h8,11-12,16-18,21,28H,5-7,9-10,13-15H2,1-4H3,(H,25,29)/t16-,17+,21+/m0/s1. The van der Waals surface area contributed by atoms with Gasteiger partial charge >= 0.3 is 0 Å². The van der Waals surface area contributed by atoms with E-state index in [0.717, 1.165) is 38.4 Å². The Hall–Kier alpha value is -2.17. The first-order valence-corrected chi connectivity index (χ1v) is 13.8. The van der Waals surface area contributed by atoms with Crippen molar-refractivity contribution in [2.75, 3.05) is 38.3 Å². The van der Waals surface area contributed by atoms with Gasteiger partial charge in [-0.1, -0.05) is 32.3 Å². The lowest BCUT2D eigenvalue weighted by Crippen LogP contribution is -2.50. The molecule has 1 aliphatic heterocycles. The van der Waals surface area contributed by atoms with E-state index >= 15 is 0 Å². The van der Waals surface area contributed by atoms with Crippen LogP contribution >= 0.6 is 0 Å². The molecule has 2 N–H and O–H groups in total. The van der Waals surface area contributed by atoms with Crippen LogP contribution in [0.4, 0.5) is 5.69 Å².